The van der Waals surface area contributed by atoms with E-state index in [1.165, 1.54) is 20.1 Å². The molecule has 0 unspecified atom stereocenters. The van der Waals surface area contributed by atoms with Crippen molar-refractivity contribution in [1.82, 2.24) is 10.3 Å². The van der Waals surface area contributed by atoms with Crippen LogP contribution in [0.4, 0.5) is 23.2 Å². The summed E-state index contributed by atoms with van der Waals surface area (Å²) < 4.78 is 56.5. The molecule has 0 aliphatic rings. The molecule has 0 aliphatic carbocycles. The molecule has 31 heavy (non-hydrogen) atoms. The van der Waals surface area contributed by atoms with Gasteiger partial charge in [0.05, 0.1) is 7.11 Å². The summed E-state index contributed by atoms with van der Waals surface area (Å²) in [7, 11) is 1.40. The molecule has 0 fully saturated rings. The van der Waals surface area contributed by atoms with Crippen LogP contribution < -0.4 is 15.4 Å². The molecule has 10 heteroatoms. The number of amides is 2. The number of anilines is 1. The Morgan fingerprint density at radius 3 is 2.48 bits per heavy atom. The molecule has 162 valence electrons. The normalized spacial score (nSPS) is 11.3. The number of alkyl halides is 3. The summed E-state index contributed by atoms with van der Waals surface area (Å²) in [5.74, 6) is -2.48. The summed E-state index contributed by atoms with van der Waals surface area (Å²) in [6, 6.07) is 10.5. The minimum Gasteiger partial charge on any atom is -0.481 e. The van der Waals surface area contributed by atoms with E-state index in [1.807, 2.05) is 0 Å². The Kier molecular flexibility index (Phi) is 6.09. The van der Waals surface area contributed by atoms with Crippen molar-refractivity contribution in [3.05, 3.63) is 65.1 Å². The molecule has 0 bridgehead atoms. The fourth-order valence-corrected chi connectivity index (χ4v) is 2.85. The van der Waals surface area contributed by atoms with Gasteiger partial charge in [-0.3, -0.25) is 9.59 Å². The van der Waals surface area contributed by atoms with Gasteiger partial charge in [-0.1, -0.05) is 18.2 Å². The maximum atomic E-state index is 14.3. The van der Waals surface area contributed by atoms with Gasteiger partial charge in [0, 0.05) is 22.2 Å². The summed E-state index contributed by atoms with van der Waals surface area (Å²) in [6.45, 7) is -0.208. The van der Waals surface area contributed by atoms with E-state index < -0.39 is 30.4 Å². The van der Waals surface area contributed by atoms with Crippen LogP contribution in [0.5, 0.6) is 5.88 Å². The number of aromatic nitrogens is 1. The monoisotopic (exact) mass is 435 g/mol. The standard InChI is InChI=1S/C21H17F4N3O3/c1-11-15(22)7-13(18(29)26-10-21(23,24)25)9-16(11)27-19(30)17-8-12-5-3-4-6-14(12)20(28-17)31-2/h3-9H,10H2,1-2H3,(H,26,29)(H,27,30). The second-order valence-corrected chi connectivity index (χ2v) is 6.62. The van der Waals surface area contributed by atoms with E-state index in [2.05, 4.69) is 10.3 Å². The number of halogens is 4. The number of ether oxygens (including phenoxy) is 1. The molecule has 2 aromatic carbocycles. The van der Waals surface area contributed by atoms with Gasteiger partial charge >= 0.3 is 6.18 Å². The number of nitrogens with zero attached hydrogens (tertiary/aromatic N) is 1. The molecular weight excluding hydrogens is 418 g/mol. The fraction of sp³-hybridized carbons (Fsp3) is 0.190. The van der Waals surface area contributed by atoms with Crippen LogP contribution in [-0.2, 0) is 0 Å². The number of carbonyl (C=O) groups is 2. The number of hydrogen-bond acceptors (Lipinski definition) is 4. The molecule has 2 N–H and O–H groups in total. The zero-order valence-electron chi connectivity index (χ0n) is 16.4. The second kappa shape index (κ2) is 8.58. The molecular formula is C21H17F4N3O3. The smallest absolute Gasteiger partial charge is 0.405 e. The lowest BCUT2D eigenvalue weighted by Gasteiger charge is -2.13. The zero-order chi connectivity index (χ0) is 22.8. The maximum absolute atomic E-state index is 14.3. The van der Waals surface area contributed by atoms with E-state index in [4.69, 9.17) is 4.74 Å². The fourth-order valence-electron chi connectivity index (χ4n) is 2.85. The highest BCUT2D eigenvalue weighted by Gasteiger charge is 2.28. The van der Waals surface area contributed by atoms with Gasteiger partial charge in [0.25, 0.3) is 11.8 Å². The summed E-state index contributed by atoms with van der Waals surface area (Å²) in [5, 5.41) is 5.48. The molecule has 6 nitrogen and oxygen atoms in total. The van der Waals surface area contributed by atoms with E-state index in [-0.39, 0.29) is 28.4 Å². The molecule has 3 rings (SSSR count). The Hall–Kier alpha value is -3.69. The Balaban J connectivity index is 1.90. The van der Waals surface area contributed by atoms with Crippen LogP contribution in [0.3, 0.4) is 0 Å². The van der Waals surface area contributed by atoms with Crippen LogP contribution in [0.15, 0.2) is 42.5 Å². The molecule has 2 amide bonds. The lowest BCUT2D eigenvalue weighted by molar-refractivity contribution is -0.123. The first-order chi connectivity index (χ1) is 14.6. The van der Waals surface area contributed by atoms with Crippen LogP contribution in [0.25, 0.3) is 10.8 Å². The SMILES string of the molecule is COc1nc(C(=O)Nc2cc(C(=O)NCC(F)(F)F)cc(F)c2C)cc2ccccc12. The van der Waals surface area contributed by atoms with Crippen molar-refractivity contribution in [2.24, 2.45) is 0 Å². The lowest BCUT2D eigenvalue weighted by Crippen LogP contribution is -2.33. The lowest BCUT2D eigenvalue weighted by atomic mass is 10.1. The van der Waals surface area contributed by atoms with Crippen LogP contribution in [0, 0.1) is 12.7 Å². The number of nitrogens with one attached hydrogen (secondary N) is 2. The second-order valence-electron chi connectivity index (χ2n) is 6.62. The first-order valence-corrected chi connectivity index (χ1v) is 8.99. The molecule has 1 aromatic heterocycles. The number of pyridine rings is 1. The van der Waals surface area contributed by atoms with Crippen LogP contribution in [-0.4, -0.2) is 36.6 Å². The highest BCUT2D eigenvalue weighted by molar-refractivity contribution is 6.06. The number of hydrogen-bond donors (Lipinski definition) is 2. The van der Waals surface area contributed by atoms with Gasteiger partial charge in [0.15, 0.2) is 0 Å². The highest BCUT2D eigenvalue weighted by Crippen LogP contribution is 2.26. The van der Waals surface area contributed by atoms with E-state index in [9.17, 15) is 27.2 Å². The molecule has 3 aromatic rings. The third-order valence-electron chi connectivity index (χ3n) is 4.44. The van der Waals surface area contributed by atoms with Gasteiger partial charge in [-0.25, -0.2) is 9.37 Å². The molecule has 0 saturated heterocycles. The highest BCUT2D eigenvalue weighted by atomic mass is 19.4. The minimum atomic E-state index is -4.61. The predicted octanol–water partition coefficient (Wildman–Crippen LogP) is 4.24. The third kappa shape index (κ3) is 5.08. The van der Waals surface area contributed by atoms with Gasteiger partial charge < -0.3 is 15.4 Å². The number of benzene rings is 2. The predicted molar refractivity (Wildman–Crippen MR) is 106 cm³/mol. The van der Waals surface area contributed by atoms with Crippen LogP contribution in [0.1, 0.15) is 26.4 Å². The van der Waals surface area contributed by atoms with Gasteiger partial charge in [-0.15, -0.1) is 0 Å². The van der Waals surface area contributed by atoms with Gasteiger partial charge in [-0.2, -0.15) is 13.2 Å². The number of carbonyl (C=O) groups excluding carboxylic acids is 2. The molecule has 1 heterocycles. The quantitative estimate of drug-likeness (QED) is 0.588. The van der Waals surface area contributed by atoms with E-state index in [0.29, 0.717) is 10.8 Å². The third-order valence-corrected chi connectivity index (χ3v) is 4.44. The van der Waals surface area contributed by atoms with E-state index in [1.54, 1.807) is 29.6 Å². The first kappa shape index (κ1) is 22.0. The zero-order valence-corrected chi connectivity index (χ0v) is 16.4. The van der Waals surface area contributed by atoms with Crippen molar-refractivity contribution in [2.75, 3.05) is 19.0 Å². The largest absolute Gasteiger partial charge is 0.481 e. The first-order valence-electron chi connectivity index (χ1n) is 8.99. The van der Waals surface area contributed by atoms with Crippen molar-refractivity contribution in [1.29, 1.82) is 0 Å². The Morgan fingerprint density at radius 1 is 1.10 bits per heavy atom. The average Bonchev–Trinajstić information content (AvgIpc) is 2.73. The number of rotatable bonds is 5. The van der Waals surface area contributed by atoms with Crippen LogP contribution in [0.2, 0.25) is 0 Å². The topological polar surface area (TPSA) is 80.3 Å². The maximum Gasteiger partial charge on any atom is 0.405 e. The van der Waals surface area contributed by atoms with Crippen LogP contribution >= 0.6 is 0 Å². The van der Waals surface area contributed by atoms with Gasteiger partial charge in [0.1, 0.15) is 18.1 Å². The molecule has 0 aliphatic heterocycles. The Morgan fingerprint density at radius 2 is 1.81 bits per heavy atom. The van der Waals surface area contributed by atoms with Crippen molar-refractivity contribution in [2.45, 2.75) is 13.1 Å². The summed E-state index contributed by atoms with van der Waals surface area (Å²) >= 11 is 0. The average molecular weight is 435 g/mol. The molecule has 0 atom stereocenters. The van der Waals surface area contributed by atoms with Crippen molar-refractivity contribution < 1.29 is 31.9 Å². The molecule has 0 spiro atoms. The van der Waals surface area contributed by atoms with Crippen molar-refractivity contribution >= 4 is 28.3 Å². The van der Waals surface area contributed by atoms with Gasteiger partial charge in [0.2, 0.25) is 5.88 Å². The van der Waals surface area contributed by atoms with E-state index in [0.717, 1.165) is 12.1 Å². The molecule has 0 saturated carbocycles. The van der Waals surface area contributed by atoms with Crippen molar-refractivity contribution in [3.8, 4) is 5.88 Å². The number of fused-ring (bicyclic) bond motifs is 1. The molecule has 0 radical (unpaired) electrons. The number of methoxy groups -OCH3 is 1. The summed E-state index contributed by atoms with van der Waals surface area (Å²) in [6.07, 6.45) is -4.61. The Labute approximate surface area is 174 Å². The Bertz CT molecular complexity index is 1160. The minimum absolute atomic E-state index is 0.00785. The van der Waals surface area contributed by atoms with Gasteiger partial charge in [-0.05, 0) is 36.6 Å². The van der Waals surface area contributed by atoms with Crippen molar-refractivity contribution in [3.63, 3.8) is 0 Å². The summed E-state index contributed by atoms with van der Waals surface area (Å²) in [4.78, 5) is 28.8. The van der Waals surface area contributed by atoms with E-state index >= 15 is 0 Å². The summed E-state index contributed by atoms with van der Waals surface area (Å²) in [5.41, 5.74) is -0.460.